The van der Waals surface area contributed by atoms with Crippen molar-refractivity contribution in [3.05, 3.63) is 32.4 Å². The first-order chi connectivity index (χ1) is 12.8. The van der Waals surface area contributed by atoms with Crippen LogP contribution in [-0.2, 0) is 16.1 Å². The number of ether oxygens (including phenoxy) is 1. The number of hydrogen-bond donors (Lipinski definition) is 2. The zero-order valence-electron chi connectivity index (χ0n) is 15.3. The van der Waals surface area contributed by atoms with Gasteiger partial charge in [0.25, 0.3) is 5.91 Å². The quantitative estimate of drug-likeness (QED) is 0.592. The van der Waals surface area contributed by atoms with Gasteiger partial charge in [-0.25, -0.2) is 4.79 Å². The van der Waals surface area contributed by atoms with E-state index in [1.54, 1.807) is 17.8 Å². The van der Waals surface area contributed by atoms with Crippen LogP contribution in [0.2, 0.25) is 0 Å². The van der Waals surface area contributed by atoms with E-state index in [0.717, 1.165) is 21.5 Å². The number of amides is 2. The minimum Gasteiger partial charge on any atom is -0.462 e. The molecule has 2 heterocycles. The van der Waals surface area contributed by atoms with Crippen molar-refractivity contribution in [2.45, 2.75) is 40.2 Å². The molecular weight excluding hydrogens is 436 g/mol. The van der Waals surface area contributed by atoms with E-state index >= 15 is 0 Å². The molecule has 0 aliphatic carbocycles. The van der Waals surface area contributed by atoms with Gasteiger partial charge in [0, 0.05) is 12.1 Å². The molecule has 0 bridgehead atoms. The van der Waals surface area contributed by atoms with Gasteiger partial charge >= 0.3 is 5.97 Å². The molecule has 2 amide bonds. The second-order valence-corrected chi connectivity index (χ2v) is 7.73. The van der Waals surface area contributed by atoms with Crippen molar-refractivity contribution in [1.82, 2.24) is 9.78 Å². The predicted molar refractivity (Wildman–Crippen MR) is 106 cm³/mol. The highest BCUT2D eigenvalue weighted by Crippen LogP contribution is 2.33. The summed E-state index contributed by atoms with van der Waals surface area (Å²) in [6.07, 6.45) is 2.48. The Kier molecular flexibility index (Phi) is 7.14. The van der Waals surface area contributed by atoms with Crippen LogP contribution in [0.25, 0.3) is 0 Å². The van der Waals surface area contributed by atoms with Gasteiger partial charge < -0.3 is 15.8 Å². The van der Waals surface area contributed by atoms with Gasteiger partial charge in [-0.1, -0.05) is 6.92 Å². The van der Waals surface area contributed by atoms with Crippen LogP contribution in [0, 0.1) is 13.8 Å². The zero-order valence-corrected chi connectivity index (χ0v) is 17.7. The van der Waals surface area contributed by atoms with Crippen LogP contribution in [0.4, 0.5) is 5.00 Å². The minimum absolute atomic E-state index is 0.154. The maximum atomic E-state index is 12.4. The van der Waals surface area contributed by atoms with E-state index in [0.29, 0.717) is 18.5 Å². The van der Waals surface area contributed by atoms with Crippen molar-refractivity contribution in [2.75, 3.05) is 11.9 Å². The highest BCUT2D eigenvalue weighted by atomic mass is 79.9. The fourth-order valence-corrected chi connectivity index (χ4v) is 3.75. The average Bonchev–Trinajstić information content (AvgIpc) is 3.11. The summed E-state index contributed by atoms with van der Waals surface area (Å²) in [4.78, 5) is 36.5. The molecule has 0 saturated heterocycles. The summed E-state index contributed by atoms with van der Waals surface area (Å²) >= 11 is 4.35. The minimum atomic E-state index is -0.653. The van der Waals surface area contributed by atoms with Gasteiger partial charge in [0.1, 0.15) is 5.00 Å². The molecule has 0 fully saturated rings. The summed E-state index contributed by atoms with van der Waals surface area (Å²) in [6.45, 7) is 6.01. The third-order valence-electron chi connectivity index (χ3n) is 3.86. The molecule has 3 N–H and O–H groups in total. The smallest absolute Gasteiger partial charge is 0.341 e. The topological polar surface area (TPSA) is 116 Å². The lowest BCUT2D eigenvalue weighted by molar-refractivity contribution is -0.116. The number of aromatic nitrogens is 2. The van der Waals surface area contributed by atoms with E-state index in [-0.39, 0.29) is 34.4 Å². The maximum Gasteiger partial charge on any atom is 0.341 e. The van der Waals surface area contributed by atoms with Gasteiger partial charge in [0.15, 0.2) is 0 Å². The largest absolute Gasteiger partial charge is 0.462 e. The Morgan fingerprint density at radius 3 is 2.63 bits per heavy atom. The van der Waals surface area contributed by atoms with E-state index in [1.807, 2.05) is 13.8 Å². The summed E-state index contributed by atoms with van der Waals surface area (Å²) in [7, 11) is 0. The van der Waals surface area contributed by atoms with Crippen LogP contribution in [0.5, 0.6) is 0 Å². The molecule has 0 spiro atoms. The molecule has 0 aromatic carbocycles. The summed E-state index contributed by atoms with van der Waals surface area (Å²) in [6, 6.07) is 0. The van der Waals surface area contributed by atoms with Gasteiger partial charge in [-0.15, -0.1) is 11.3 Å². The predicted octanol–water partition coefficient (Wildman–Crippen LogP) is 3.02. The summed E-state index contributed by atoms with van der Waals surface area (Å²) in [5.41, 5.74) is 6.87. The molecular formula is C17H21BrN4O4S. The van der Waals surface area contributed by atoms with Gasteiger partial charge in [0.2, 0.25) is 5.91 Å². The molecule has 146 valence electrons. The molecule has 0 atom stereocenters. The Bertz CT molecular complexity index is 875. The summed E-state index contributed by atoms with van der Waals surface area (Å²) in [5, 5.41) is 7.14. The van der Waals surface area contributed by atoms with Crippen LogP contribution >= 0.6 is 27.3 Å². The lowest BCUT2D eigenvalue weighted by Gasteiger charge is -2.08. The number of thiophene rings is 1. The van der Waals surface area contributed by atoms with Crippen LogP contribution in [0.1, 0.15) is 51.1 Å². The molecule has 27 heavy (non-hydrogen) atoms. The van der Waals surface area contributed by atoms with Crippen LogP contribution in [0.15, 0.2) is 10.7 Å². The average molecular weight is 457 g/mol. The Hall–Kier alpha value is -2.20. The number of carbonyl (C=O) groups is 3. The van der Waals surface area contributed by atoms with Gasteiger partial charge in [0.05, 0.1) is 34.3 Å². The molecule has 2 aromatic rings. The molecule has 10 heteroatoms. The van der Waals surface area contributed by atoms with E-state index < -0.39 is 11.9 Å². The van der Waals surface area contributed by atoms with Crippen molar-refractivity contribution in [2.24, 2.45) is 5.73 Å². The number of nitrogens with two attached hydrogens (primary N) is 1. The second-order valence-electron chi connectivity index (χ2n) is 5.86. The third-order valence-corrected chi connectivity index (χ3v) is 5.86. The Morgan fingerprint density at radius 1 is 1.37 bits per heavy atom. The van der Waals surface area contributed by atoms with Gasteiger partial charge in [-0.3, -0.25) is 14.3 Å². The number of carbonyl (C=O) groups excluding carboxylic acids is 3. The number of primary amides is 1. The molecule has 0 radical (unpaired) electrons. The number of rotatable bonds is 8. The molecule has 0 unspecified atom stereocenters. The number of esters is 1. The van der Waals surface area contributed by atoms with Crippen molar-refractivity contribution in [3.63, 3.8) is 0 Å². The van der Waals surface area contributed by atoms with Gasteiger partial charge in [-0.2, -0.15) is 5.10 Å². The molecule has 2 aromatic heterocycles. The first kappa shape index (κ1) is 21.1. The van der Waals surface area contributed by atoms with Crippen molar-refractivity contribution in [1.29, 1.82) is 0 Å². The SMILES string of the molecule is CCCOC(=O)c1c(NC(=O)CCn2ncc(Br)c2C)sc(C(N)=O)c1C. The molecule has 0 aliphatic heterocycles. The third kappa shape index (κ3) is 4.95. The Balaban J connectivity index is 2.17. The van der Waals surface area contributed by atoms with Crippen LogP contribution in [-0.4, -0.2) is 34.2 Å². The van der Waals surface area contributed by atoms with Crippen molar-refractivity contribution < 1.29 is 19.1 Å². The summed E-state index contributed by atoms with van der Waals surface area (Å²) < 4.78 is 7.73. The Labute approximate surface area is 169 Å². The molecule has 0 aliphatic rings. The number of hydrogen-bond acceptors (Lipinski definition) is 6. The lowest BCUT2D eigenvalue weighted by atomic mass is 10.1. The molecule has 8 nitrogen and oxygen atoms in total. The summed E-state index contributed by atoms with van der Waals surface area (Å²) in [5.74, 6) is -1.54. The fraction of sp³-hybridized carbons (Fsp3) is 0.412. The molecule has 2 rings (SSSR count). The lowest BCUT2D eigenvalue weighted by Crippen LogP contribution is -2.17. The Morgan fingerprint density at radius 2 is 2.07 bits per heavy atom. The van der Waals surface area contributed by atoms with Crippen molar-refractivity contribution >= 4 is 50.1 Å². The zero-order chi connectivity index (χ0) is 20.1. The van der Waals surface area contributed by atoms with Gasteiger partial charge in [-0.05, 0) is 41.8 Å². The normalized spacial score (nSPS) is 10.7. The van der Waals surface area contributed by atoms with E-state index in [4.69, 9.17) is 10.5 Å². The standard InChI is InChI=1S/C17H21BrN4O4S/c1-4-7-26-17(25)13-9(2)14(15(19)24)27-16(13)21-12(23)5-6-22-10(3)11(18)8-20-22/h8H,4-7H2,1-3H3,(H2,19,24)(H,21,23). The number of nitrogens with one attached hydrogen (secondary N) is 1. The highest BCUT2D eigenvalue weighted by Gasteiger charge is 2.25. The number of aryl methyl sites for hydroxylation is 1. The number of nitrogens with zero attached hydrogens (tertiary/aromatic N) is 2. The first-order valence-electron chi connectivity index (χ1n) is 8.34. The van der Waals surface area contributed by atoms with Crippen LogP contribution in [0.3, 0.4) is 0 Å². The van der Waals surface area contributed by atoms with E-state index in [2.05, 4.69) is 26.3 Å². The first-order valence-corrected chi connectivity index (χ1v) is 9.95. The van der Waals surface area contributed by atoms with Crippen LogP contribution < -0.4 is 11.1 Å². The number of halogens is 1. The van der Waals surface area contributed by atoms with Crippen molar-refractivity contribution in [3.8, 4) is 0 Å². The second kappa shape index (κ2) is 9.14. The highest BCUT2D eigenvalue weighted by molar-refractivity contribution is 9.10. The number of anilines is 1. The molecule has 0 saturated carbocycles. The maximum absolute atomic E-state index is 12.4. The van der Waals surface area contributed by atoms with E-state index in [1.165, 1.54) is 0 Å². The monoisotopic (exact) mass is 456 g/mol. The van der Waals surface area contributed by atoms with E-state index in [9.17, 15) is 14.4 Å². The fourth-order valence-electron chi connectivity index (χ4n) is 2.40.